The monoisotopic (exact) mass is 307 g/mol. The highest BCUT2D eigenvalue weighted by molar-refractivity contribution is 6.06. The zero-order valence-electron chi connectivity index (χ0n) is 13.3. The summed E-state index contributed by atoms with van der Waals surface area (Å²) in [5.74, 6) is 0.655. The predicted molar refractivity (Wildman–Crippen MR) is 90.0 cm³/mol. The molecule has 0 aliphatic rings. The smallest absolute Gasteiger partial charge is 0.258 e. The van der Waals surface area contributed by atoms with Crippen LogP contribution in [0.3, 0.4) is 0 Å². The van der Waals surface area contributed by atoms with Crippen LogP contribution in [0.15, 0.2) is 42.6 Å². The molecule has 1 N–H and O–H groups in total. The third-order valence-corrected chi connectivity index (χ3v) is 3.63. The van der Waals surface area contributed by atoms with E-state index in [0.717, 1.165) is 16.5 Å². The number of fused-ring (bicyclic) bond motifs is 1. The van der Waals surface area contributed by atoms with E-state index in [-0.39, 0.29) is 5.91 Å². The van der Waals surface area contributed by atoms with E-state index in [9.17, 15) is 4.79 Å². The van der Waals surface area contributed by atoms with Gasteiger partial charge in [0.2, 0.25) is 0 Å². The Morgan fingerprint density at radius 3 is 2.78 bits per heavy atom. The molecule has 1 amide bonds. The normalized spacial score (nSPS) is 10.6. The van der Waals surface area contributed by atoms with Gasteiger partial charge in [-0.1, -0.05) is 11.6 Å². The molecule has 5 heteroatoms. The lowest BCUT2D eigenvalue weighted by Crippen LogP contribution is -2.15. The molecule has 3 rings (SSSR count). The van der Waals surface area contributed by atoms with Gasteiger partial charge in [-0.25, -0.2) is 4.98 Å². The van der Waals surface area contributed by atoms with Gasteiger partial charge in [-0.3, -0.25) is 9.78 Å². The number of carbonyl (C=O) groups excluding carboxylic acids is 1. The molecule has 0 radical (unpaired) electrons. The Morgan fingerprint density at radius 1 is 1.17 bits per heavy atom. The quantitative estimate of drug-likeness (QED) is 0.804. The third-order valence-electron chi connectivity index (χ3n) is 3.63. The Bertz CT molecular complexity index is 891. The fourth-order valence-electron chi connectivity index (χ4n) is 2.45. The summed E-state index contributed by atoms with van der Waals surface area (Å²) in [5, 5.41) is 3.72. The van der Waals surface area contributed by atoms with Crippen LogP contribution in [-0.4, -0.2) is 23.0 Å². The molecule has 116 valence electrons. The Balaban J connectivity index is 1.98. The summed E-state index contributed by atoms with van der Waals surface area (Å²) in [6.07, 6.45) is 1.60. The van der Waals surface area contributed by atoms with Gasteiger partial charge in [0.25, 0.3) is 5.91 Å². The van der Waals surface area contributed by atoms with Crippen LogP contribution < -0.4 is 10.1 Å². The van der Waals surface area contributed by atoms with Gasteiger partial charge in [-0.15, -0.1) is 0 Å². The van der Waals surface area contributed by atoms with Gasteiger partial charge >= 0.3 is 0 Å². The van der Waals surface area contributed by atoms with Gasteiger partial charge in [0.05, 0.1) is 23.9 Å². The number of carbonyl (C=O) groups is 1. The minimum Gasteiger partial charge on any atom is -0.493 e. The van der Waals surface area contributed by atoms with E-state index in [2.05, 4.69) is 15.3 Å². The highest BCUT2D eigenvalue weighted by atomic mass is 16.5. The Kier molecular flexibility index (Phi) is 3.93. The maximum atomic E-state index is 12.6. The fourth-order valence-corrected chi connectivity index (χ4v) is 2.45. The van der Waals surface area contributed by atoms with E-state index in [0.29, 0.717) is 22.8 Å². The van der Waals surface area contributed by atoms with Crippen LogP contribution in [0.25, 0.3) is 10.9 Å². The van der Waals surface area contributed by atoms with Gasteiger partial charge in [-0.05, 0) is 44.2 Å². The number of anilines is 1. The largest absolute Gasteiger partial charge is 0.493 e. The van der Waals surface area contributed by atoms with E-state index < -0.39 is 0 Å². The predicted octanol–water partition coefficient (Wildman–Crippen LogP) is 3.51. The first kappa shape index (κ1) is 15.0. The van der Waals surface area contributed by atoms with Gasteiger partial charge in [0.1, 0.15) is 0 Å². The number of aryl methyl sites for hydroxylation is 2. The van der Waals surface area contributed by atoms with Crippen molar-refractivity contribution in [1.82, 2.24) is 9.97 Å². The van der Waals surface area contributed by atoms with Gasteiger partial charge in [0, 0.05) is 11.6 Å². The average molecular weight is 307 g/mol. The number of amides is 1. The molecule has 3 aromatic rings. The van der Waals surface area contributed by atoms with Crippen LogP contribution in [0.5, 0.6) is 5.75 Å². The van der Waals surface area contributed by atoms with Crippen molar-refractivity contribution >= 4 is 22.6 Å². The van der Waals surface area contributed by atoms with Crippen LogP contribution in [-0.2, 0) is 0 Å². The average Bonchev–Trinajstić information content (AvgIpc) is 2.55. The first-order chi connectivity index (χ1) is 11.1. The molecule has 0 aliphatic heterocycles. The van der Waals surface area contributed by atoms with Crippen molar-refractivity contribution in [1.29, 1.82) is 0 Å². The SMILES string of the molecule is COc1cccnc1NC(=O)c1cc2cc(C)ccc2nc1C. The maximum absolute atomic E-state index is 12.6. The van der Waals surface area contributed by atoms with Crippen LogP contribution >= 0.6 is 0 Å². The molecule has 0 unspecified atom stereocenters. The highest BCUT2D eigenvalue weighted by Crippen LogP contribution is 2.23. The second-order valence-corrected chi connectivity index (χ2v) is 5.33. The summed E-state index contributed by atoms with van der Waals surface area (Å²) in [7, 11) is 1.54. The van der Waals surface area contributed by atoms with E-state index in [1.54, 1.807) is 18.3 Å². The molecule has 0 fully saturated rings. The minimum absolute atomic E-state index is 0.254. The van der Waals surface area contributed by atoms with Gasteiger partial charge < -0.3 is 10.1 Å². The molecule has 0 aliphatic carbocycles. The lowest BCUT2D eigenvalue weighted by atomic mass is 10.1. The lowest BCUT2D eigenvalue weighted by Gasteiger charge is -2.11. The number of nitrogens with one attached hydrogen (secondary N) is 1. The molecule has 0 spiro atoms. The first-order valence-corrected chi connectivity index (χ1v) is 7.27. The molecule has 2 aromatic heterocycles. The van der Waals surface area contributed by atoms with Crippen molar-refractivity contribution in [2.45, 2.75) is 13.8 Å². The van der Waals surface area contributed by atoms with Crippen LogP contribution in [0, 0.1) is 13.8 Å². The molecule has 0 saturated carbocycles. The van der Waals surface area contributed by atoms with Gasteiger partial charge in [-0.2, -0.15) is 0 Å². The van der Waals surface area contributed by atoms with Crippen LogP contribution in [0.1, 0.15) is 21.6 Å². The first-order valence-electron chi connectivity index (χ1n) is 7.27. The molecular weight excluding hydrogens is 290 g/mol. The number of pyridine rings is 2. The highest BCUT2D eigenvalue weighted by Gasteiger charge is 2.14. The fraction of sp³-hybridized carbons (Fsp3) is 0.167. The third kappa shape index (κ3) is 2.99. The van der Waals surface area contributed by atoms with E-state index in [1.807, 2.05) is 38.1 Å². The zero-order chi connectivity index (χ0) is 16.4. The number of aromatic nitrogens is 2. The zero-order valence-corrected chi connectivity index (χ0v) is 13.3. The van der Waals surface area contributed by atoms with E-state index >= 15 is 0 Å². The van der Waals surface area contributed by atoms with Gasteiger partial charge in [0.15, 0.2) is 11.6 Å². The van der Waals surface area contributed by atoms with E-state index in [1.165, 1.54) is 7.11 Å². The maximum Gasteiger partial charge on any atom is 0.258 e. The topological polar surface area (TPSA) is 64.1 Å². The number of rotatable bonds is 3. The molecule has 2 heterocycles. The number of methoxy groups -OCH3 is 1. The number of ether oxygens (including phenoxy) is 1. The summed E-state index contributed by atoms with van der Waals surface area (Å²) >= 11 is 0. The molecule has 23 heavy (non-hydrogen) atoms. The molecule has 0 saturated heterocycles. The van der Waals surface area contributed by atoms with Crippen molar-refractivity contribution in [2.24, 2.45) is 0 Å². The second kappa shape index (κ2) is 6.04. The summed E-state index contributed by atoms with van der Waals surface area (Å²) in [6, 6.07) is 11.3. The van der Waals surface area contributed by atoms with Crippen molar-refractivity contribution in [2.75, 3.05) is 12.4 Å². The summed E-state index contributed by atoms with van der Waals surface area (Å²) in [4.78, 5) is 21.2. The molecule has 5 nitrogen and oxygen atoms in total. The van der Waals surface area contributed by atoms with Crippen molar-refractivity contribution in [3.8, 4) is 5.75 Å². The van der Waals surface area contributed by atoms with Crippen molar-refractivity contribution < 1.29 is 9.53 Å². The molecular formula is C18H17N3O2. The number of hydrogen-bond donors (Lipinski definition) is 1. The summed E-state index contributed by atoms with van der Waals surface area (Å²) in [5.41, 5.74) is 3.20. The van der Waals surface area contributed by atoms with Crippen molar-refractivity contribution in [3.05, 3.63) is 59.4 Å². The molecule has 0 bridgehead atoms. The number of hydrogen-bond acceptors (Lipinski definition) is 4. The summed E-state index contributed by atoms with van der Waals surface area (Å²) < 4.78 is 5.21. The Labute approximate surface area is 134 Å². The molecule has 0 atom stereocenters. The van der Waals surface area contributed by atoms with Crippen molar-refractivity contribution in [3.63, 3.8) is 0 Å². The summed E-state index contributed by atoms with van der Waals surface area (Å²) in [6.45, 7) is 3.83. The number of benzene rings is 1. The standard InChI is InChI=1S/C18H17N3O2/c1-11-6-7-15-13(9-11)10-14(12(2)20-15)18(22)21-17-16(23-3)5-4-8-19-17/h4-10H,1-3H3,(H,19,21,22). The second-order valence-electron chi connectivity index (χ2n) is 5.33. The molecule has 1 aromatic carbocycles. The van der Waals surface area contributed by atoms with Crippen LogP contribution in [0.2, 0.25) is 0 Å². The Hall–Kier alpha value is -2.95. The lowest BCUT2D eigenvalue weighted by molar-refractivity contribution is 0.102. The Morgan fingerprint density at radius 2 is 2.00 bits per heavy atom. The minimum atomic E-state index is -0.254. The van der Waals surface area contributed by atoms with Crippen LogP contribution in [0.4, 0.5) is 5.82 Å². The van der Waals surface area contributed by atoms with E-state index in [4.69, 9.17) is 4.74 Å². The number of nitrogens with zero attached hydrogens (tertiary/aromatic N) is 2.